The Bertz CT molecular complexity index is 1190. The van der Waals surface area contributed by atoms with Crippen molar-refractivity contribution >= 4 is 16.9 Å². The first-order chi connectivity index (χ1) is 15.7. The van der Waals surface area contributed by atoms with E-state index in [4.69, 9.17) is 18.6 Å². The molecule has 0 spiro atoms. The molecule has 0 radical (unpaired) electrons. The molecular formula is C27H30O6. The Kier molecular flexibility index (Phi) is 7.59. The monoisotopic (exact) mass is 450 g/mol. The maximum Gasteiger partial charge on any atom is 0.344 e. The summed E-state index contributed by atoms with van der Waals surface area (Å²) >= 11 is 0. The highest BCUT2D eigenvalue weighted by Crippen LogP contribution is 2.26. The van der Waals surface area contributed by atoms with Crippen LogP contribution in [0.2, 0.25) is 0 Å². The summed E-state index contributed by atoms with van der Waals surface area (Å²) in [5.41, 5.74) is 0.693. The fourth-order valence-electron chi connectivity index (χ4n) is 3.07. The van der Waals surface area contributed by atoms with Crippen LogP contribution in [-0.2, 0) is 9.53 Å². The van der Waals surface area contributed by atoms with Gasteiger partial charge in [-0.15, -0.1) is 0 Å². The number of benzene rings is 2. The molecule has 33 heavy (non-hydrogen) atoms. The molecule has 0 fully saturated rings. The Morgan fingerprint density at radius 3 is 2.39 bits per heavy atom. The SMILES string of the molecule is C=C(C)C(=O)OC(C)(C)COc1ccc2cc(-c3ccc(OCCCC)cc3)c(=O)oc2c1. The molecule has 3 aromatic rings. The van der Waals surface area contributed by atoms with Gasteiger partial charge in [-0.1, -0.05) is 32.1 Å². The third-order valence-electron chi connectivity index (χ3n) is 4.94. The number of esters is 1. The summed E-state index contributed by atoms with van der Waals surface area (Å²) in [7, 11) is 0. The molecule has 0 unspecified atom stereocenters. The van der Waals surface area contributed by atoms with Crippen LogP contribution in [0.3, 0.4) is 0 Å². The predicted molar refractivity (Wildman–Crippen MR) is 129 cm³/mol. The van der Waals surface area contributed by atoms with Gasteiger partial charge >= 0.3 is 11.6 Å². The molecule has 0 N–H and O–H groups in total. The number of unbranched alkanes of at least 4 members (excludes halogenated alkanes) is 1. The van der Waals surface area contributed by atoms with Crippen LogP contribution in [0, 0.1) is 0 Å². The van der Waals surface area contributed by atoms with Crippen LogP contribution in [0.5, 0.6) is 11.5 Å². The fraction of sp³-hybridized carbons (Fsp3) is 0.333. The van der Waals surface area contributed by atoms with Crippen LogP contribution in [0.4, 0.5) is 0 Å². The number of carbonyl (C=O) groups is 1. The first-order valence-corrected chi connectivity index (χ1v) is 11.0. The van der Waals surface area contributed by atoms with Crippen molar-refractivity contribution in [3.05, 3.63) is 71.1 Å². The molecule has 0 bridgehead atoms. The highest BCUT2D eigenvalue weighted by Gasteiger charge is 2.24. The summed E-state index contributed by atoms with van der Waals surface area (Å²) in [6.07, 6.45) is 2.07. The van der Waals surface area contributed by atoms with E-state index in [1.807, 2.05) is 30.3 Å². The Morgan fingerprint density at radius 2 is 1.73 bits per heavy atom. The number of carbonyl (C=O) groups excluding carboxylic acids is 1. The van der Waals surface area contributed by atoms with Gasteiger partial charge in [0.25, 0.3) is 0 Å². The molecule has 0 amide bonds. The van der Waals surface area contributed by atoms with Crippen LogP contribution >= 0.6 is 0 Å². The molecule has 0 atom stereocenters. The Hall–Kier alpha value is -3.54. The Morgan fingerprint density at radius 1 is 1.03 bits per heavy atom. The molecular weight excluding hydrogens is 420 g/mol. The lowest BCUT2D eigenvalue weighted by atomic mass is 10.1. The summed E-state index contributed by atoms with van der Waals surface area (Å²) in [5.74, 6) is 0.809. The van der Waals surface area contributed by atoms with Gasteiger partial charge in [0, 0.05) is 17.0 Å². The molecule has 0 aliphatic carbocycles. The van der Waals surface area contributed by atoms with E-state index < -0.39 is 17.2 Å². The van der Waals surface area contributed by atoms with E-state index in [1.165, 1.54) is 0 Å². The zero-order valence-electron chi connectivity index (χ0n) is 19.6. The second kappa shape index (κ2) is 10.4. The van der Waals surface area contributed by atoms with Gasteiger partial charge in [0.05, 0.1) is 12.2 Å². The largest absolute Gasteiger partial charge is 0.494 e. The summed E-state index contributed by atoms with van der Waals surface area (Å²) in [4.78, 5) is 24.4. The van der Waals surface area contributed by atoms with E-state index in [0.717, 1.165) is 29.5 Å². The Balaban J connectivity index is 1.74. The Labute approximate surface area is 193 Å². The summed E-state index contributed by atoms with van der Waals surface area (Å²) in [5, 5.41) is 0.771. The van der Waals surface area contributed by atoms with Crippen LogP contribution in [0.15, 0.2) is 69.9 Å². The van der Waals surface area contributed by atoms with Crippen LogP contribution in [0.1, 0.15) is 40.5 Å². The zero-order chi connectivity index (χ0) is 24.0. The van der Waals surface area contributed by atoms with Gasteiger partial charge in [-0.3, -0.25) is 0 Å². The average Bonchev–Trinajstić information content (AvgIpc) is 2.77. The van der Waals surface area contributed by atoms with Crippen molar-refractivity contribution in [2.45, 2.75) is 46.1 Å². The summed E-state index contributed by atoms with van der Waals surface area (Å²) in [6.45, 7) is 11.6. The summed E-state index contributed by atoms with van der Waals surface area (Å²) in [6, 6.07) is 14.5. The minimum atomic E-state index is -0.845. The molecule has 0 saturated carbocycles. The maximum atomic E-state index is 12.6. The lowest BCUT2D eigenvalue weighted by molar-refractivity contribution is -0.154. The predicted octanol–water partition coefficient (Wildman–Crippen LogP) is 5.92. The topological polar surface area (TPSA) is 75.0 Å². The number of hydrogen-bond donors (Lipinski definition) is 0. The number of hydrogen-bond acceptors (Lipinski definition) is 6. The van der Waals surface area contributed by atoms with Gasteiger partial charge in [-0.25, -0.2) is 9.59 Å². The van der Waals surface area contributed by atoms with Crippen molar-refractivity contribution in [2.75, 3.05) is 13.2 Å². The normalized spacial score (nSPS) is 11.3. The minimum Gasteiger partial charge on any atom is -0.494 e. The van der Waals surface area contributed by atoms with Crippen molar-refractivity contribution < 1.29 is 23.4 Å². The second-order valence-corrected chi connectivity index (χ2v) is 8.59. The number of rotatable bonds is 10. The molecule has 3 rings (SSSR count). The van der Waals surface area contributed by atoms with Gasteiger partial charge in [0.15, 0.2) is 0 Å². The fourth-order valence-corrected chi connectivity index (χ4v) is 3.07. The molecule has 174 valence electrons. The summed E-state index contributed by atoms with van der Waals surface area (Å²) < 4.78 is 22.4. The van der Waals surface area contributed by atoms with E-state index in [2.05, 4.69) is 13.5 Å². The highest BCUT2D eigenvalue weighted by atomic mass is 16.6. The van der Waals surface area contributed by atoms with E-state index in [0.29, 0.717) is 29.1 Å². The van der Waals surface area contributed by atoms with E-state index in [-0.39, 0.29) is 6.61 Å². The van der Waals surface area contributed by atoms with Crippen molar-refractivity contribution in [3.8, 4) is 22.6 Å². The van der Waals surface area contributed by atoms with Crippen molar-refractivity contribution in [1.82, 2.24) is 0 Å². The quantitative estimate of drug-likeness (QED) is 0.165. The lowest BCUT2D eigenvalue weighted by Gasteiger charge is -2.25. The average molecular weight is 451 g/mol. The van der Waals surface area contributed by atoms with Crippen LogP contribution < -0.4 is 15.1 Å². The molecule has 6 nitrogen and oxygen atoms in total. The number of fused-ring (bicyclic) bond motifs is 1. The van der Waals surface area contributed by atoms with E-state index in [1.54, 1.807) is 39.0 Å². The molecule has 2 aromatic carbocycles. The number of ether oxygens (including phenoxy) is 3. The molecule has 0 aliphatic heterocycles. The first kappa shape index (κ1) is 24.1. The third kappa shape index (κ3) is 6.48. The minimum absolute atomic E-state index is 0.131. The third-order valence-corrected chi connectivity index (χ3v) is 4.94. The van der Waals surface area contributed by atoms with Gasteiger partial charge in [0.2, 0.25) is 0 Å². The van der Waals surface area contributed by atoms with Crippen LogP contribution in [-0.4, -0.2) is 24.8 Å². The van der Waals surface area contributed by atoms with Gasteiger partial charge < -0.3 is 18.6 Å². The molecule has 0 aliphatic rings. The standard InChI is InChI=1S/C27H30O6/c1-6-7-14-30-21-11-8-19(9-12-21)23-15-20-10-13-22(16-24(20)32-26(23)29)31-17-27(4,5)33-25(28)18(2)3/h8-13,15-16H,2,6-7,14,17H2,1,3-5H3. The molecule has 1 heterocycles. The molecule has 0 saturated heterocycles. The second-order valence-electron chi connectivity index (χ2n) is 8.59. The van der Waals surface area contributed by atoms with Gasteiger partial charge in [0.1, 0.15) is 29.3 Å². The highest BCUT2D eigenvalue weighted by molar-refractivity contribution is 5.87. The van der Waals surface area contributed by atoms with Gasteiger partial charge in [-0.2, -0.15) is 0 Å². The molecule has 1 aromatic heterocycles. The molecule has 6 heteroatoms. The van der Waals surface area contributed by atoms with Crippen molar-refractivity contribution in [1.29, 1.82) is 0 Å². The maximum absolute atomic E-state index is 12.6. The van der Waals surface area contributed by atoms with E-state index in [9.17, 15) is 9.59 Å². The zero-order valence-corrected chi connectivity index (χ0v) is 19.6. The van der Waals surface area contributed by atoms with Crippen LogP contribution in [0.25, 0.3) is 22.1 Å². The van der Waals surface area contributed by atoms with E-state index >= 15 is 0 Å². The van der Waals surface area contributed by atoms with Gasteiger partial charge in [-0.05, 0) is 63.1 Å². The lowest BCUT2D eigenvalue weighted by Crippen LogP contribution is -2.35. The smallest absolute Gasteiger partial charge is 0.344 e. The van der Waals surface area contributed by atoms with Crippen molar-refractivity contribution in [2.24, 2.45) is 0 Å². The van der Waals surface area contributed by atoms with Crippen molar-refractivity contribution in [3.63, 3.8) is 0 Å². The first-order valence-electron chi connectivity index (χ1n) is 11.0.